The van der Waals surface area contributed by atoms with E-state index in [1.807, 2.05) is 11.9 Å². The van der Waals surface area contributed by atoms with Crippen LogP contribution >= 0.6 is 0 Å². The smallest absolute Gasteiger partial charge is 0.274 e. The van der Waals surface area contributed by atoms with E-state index in [4.69, 9.17) is 0 Å². The summed E-state index contributed by atoms with van der Waals surface area (Å²) in [7, 11) is 1.84. The zero-order valence-electron chi connectivity index (χ0n) is 15.1. The fourth-order valence-corrected chi connectivity index (χ4v) is 3.81. The van der Waals surface area contributed by atoms with Gasteiger partial charge in [0.2, 0.25) is 5.91 Å². The van der Waals surface area contributed by atoms with Crippen LogP contribution in [-0.4, -0.2) is 65.6 Å². The van der Waals surface area contributed by atoms with Crippen LogP contribution < -0.4 is 0 Å². The van der Waals surface area contributed by atoms with Crippen LogP contribution in [0.4, 0.5) is 0 Å². The van der Waals surface area contributed by atoms with Crippen molar-refractivity contribution >= 4 is 11.8 Å². The molecule has 0 aliphatic carbocycles. The number of amides is 2. The second-order valence-electron chi connectivity index (χ2n) is 7.08. The molecule has 2 aromatic heterocycles. The van der Waals surface area contributed by atoms with Gasteiger partial charge < -0.3 is 18.9 Å². The van der Waals surface area contributed by atoms with Gasteiger partial charge >= 0.3 is 0 Å². The van der Waals surface area contributed by atoms with E-state index in [2.05, 4.69) is 19.7 Å². The maximum atomic E-state index is 12.6. The topological polar surface area (TPSA) is 89.2 Å². The first-order valence-corrected chi connectivity index (χ1v) is 8.97. The molecule has 2 aliphatic rings. The molecule has 9 nitrogen and oxygen atoms in total. The number of piperidine rings is 1. The minimum Gasteiger partial charge on any atom is -0.342 e. The van der Waals surface area contributed by atoms with Gasteiger partial charge in [-0.05, 0) is 12.8 Å². The quantitative estimate of drug-likeness (QED) is 0.776. The standard InChI is InChI=1S/C17H23N7O2/c1-12(25)22-5-3-4-13(8-22)16-20-19-15-10-23(6-7-24(15)16)17(26)14-9-21(2)11-18-14/h9,11,13H,3-8,10H2,1-2H3. The number of rotatable bonds is 2. The number of likely N-dealkylation sites (tertiary alicyclic amines) is 1. The maximum Gasteiger partial charge on any atom is 0.274 e. The second-order valence-corrected chi connectivity index (χ2v) is 7.08. The van der Waals surface area contributed by atoms with Crippen molar-refractivity contribution in [2.24, 2.45) is 7.05 Å². The Morgan fingerprint density at radius 2 is 2.00 bits per heavy atom. The zero-order chi connectivity index (χ0) is 18.3. The average Bonchev–Trinajstić information content (AvgIpc) is 3.26. The molecule has 2 aliphatic heterocycles. The summed E-state index contributed by atoms with van der Waals surface area (Å²) in [6.07, 6.45) is 5.35. The number of imidazole rings is 1. The van der Waals surface area contributed by atoms with Crippen molar-refractivity contribution in [3.8, 4) is 0 Å². The summed E-state index contributed by atoms with van der Waals surface area (Å²) in [4.78, 5) is 32.1. The average molecular weight is 357 g/mol. The summed E-state index contributed by atoms with van der Waals surface area (Å²) >= 11 is 0. The fraction of sp³-hybridized carbons (Fsp3) is 0.588. The molecule has 4 rings (SSSR count). The second kappa shape index (κ2) is 6.54. The van der Waals surface area contributed by atoms with Gasteiger partial charge in [-0.25, -0.2) is 4.98 Å². The molecule has 1 unspecified atom stereocenters. The number of fused-ring (bicyclic) bond motifs is 1. The van der Waals surface area contributed by atoms with Crippen molar-refractivity contribution in [2.45, 2.75) is 38.8 Å². The van der Waals surface area contributed by atoms with Gasteiger partial charge in [-0.2, -0.15) is 0 Å². The van der Waals surface area contributed by atoms with Crippen LogP contribution in [0.1, 0.15) is 47.8 Å². The minimum atomic E-state index is -0.0816. The van der Waals surface area contributed by atoms with Crippen LogP contribution in [-0.2, 0) is 24.9 Å². The van der Waals surface area contributed by atoms with Gasteiger partial charge in [0, 0.05) is 52.3 Å². The normalized spacial score (nSPS) is 20.2. The molecular formula is C17H23N7O2. The molecule has 138 valence electrons. The number of carbonyl (C=O) groups excluding carboxylic acids is 2. The first kappa shape index (κ1) is 16.7. The van der Waals surface area contributed by atoms with Gasteiger partial charge in [-0.1, -0.05) is 0 Å². The Morgan fingerprint density at radius 1 is 1.15 bits per heavy atom. The van der Waals surface area contributed by atoms with Gasteiger partial charge in [0.25, 0.3) is 5.91 Å². The molecule has 0 aromatic carbocycles. The minimum absolute atomic E-state index is 0.0816. The van der Waals surface area contributed by atoms with Crippen LogP contribution in [0.2, 0.25) is 0 Å². The molecule has 26 heavy (non-hydrogen) atoms. The summed E-state index contributed by atoms with van der Waals surface area (Å²) in [5.41, 5.74) is 0.449. The lowest BCUT2D eigenvalue weighted by molar-refractivity contribution is -0.130. The Bertz CT molecular complexity index is 840. The fourth-order valence-electron chi connectivity index (χ4n) is 3.81. The predicted octanol–water partition coefficient (Wildman–Crippen LogP) is 0.394. The first-order valence-electron chi connectivity index (χ1n) is 8.97. The van der Waals surface area contributed by atoms with Crippen molar-refractivity contribution in [3.63, 3.8) is 0 Å². The highest BCUT2D eigenvalue weighted by Crippen LogP contribution is 2.27. The van der Waals surface area contributed by atoms with Crippen molar-refractivity contribution in [1.29, 1.82) is 0 Å². The third-order valence-electron chi connectivity index (χ3n) is 5.22. The Morgan fingerprint density at radius 3 is 2.73 bits per heavy atom. The Balaban J connectivity index is 1.50. The third-order valence-corrected chi connectivity index (χ3v) is 5.22. The van der Waals surface area contributed by atoms with E-state index in [0.29, 0.717) is 31.9 Å². The zero-order valence-corrected chi connectivity index (χ0v) is 15.1. The van der Waals surface area contributed by atoms with Crippen molar-refractivity contribution in [1.82, 2.24) is 34.1 Å². The van der Waals surface area contributed by atoms with Gasteiger partial charge in [-0.3, -0.25) is 9.59 Å². The lowest BCUT2D eigenvalue weighted by Gasteiger charge is -2.33. The van der Waals surface area contributed by atoms with E-state index in [1.54, 1.807) is 28.9 Å². The molecule has 0 radical (unpaired) electrons. The maximum absolute atomic E-state index is 12.6. The number of hydrogen-bond acceptors (Lipinski definition) is 5. The van der Waals surface area contributed by atoms with Crippen molar-refractivity contribution in [3.05, 3.63) is 29.9 Å². The summed E-state index contributed by atoms with van der Waals surface area (Å²) in [6, 6.07) is 0. The SMILES string of the molecule is CC(=O)N1CCCC(c2nnc3n2CCN(C(=O)c2cn(C)cn2)C3)C1. The molecule has 0 spiro atoms. The summed E-state index contributed by atoms with van der Waals surface area (Å²) < 4.78 is 3.89. The third kappa shape index (κ3) is 2.97. The van der Waals surface area contributed by atoms with Crippen LogP contribution in [0.3, 0.4) is 0 Å². The highest BCUT2D eigenvalue weighted by atomic mass is 16.2. The molecule has 9 heteroatoms. The first-order chi connectivity index (χ1) is 12.5. The molecule has 0 saturated carbocycles. The Hall–Kier alpha value is -2.71. The van der Waals surface area contributed by atoms with Crippen LogP contribution in [0.15, 0.2) is 12.5 Å². The van der Waals surface area contributed by atoms with E-state index in [-0.39, 0.29) is 17.7 Å². The number of aromatic nitrogens is 5. The van der Waals surface area contributed by atoms with Crippen LogP contribution in [0, 0.1) is 0 Å². The molecule has 1 saturated heterocycles. The van der Waals surface area contributed by atoms with E-state index in [9.17, 15) is 9.59 Å². The lowest BCUT2D eigenvalue weighted by atomic mass is 9.97. The Kier molecular flexibility index (Phi) is 4.21. The molecule has 1 atom stereocenters. The highest BCUT2D eigenvalue weighted by molar-refractivity contribution is 5.92. The molecule has 1 fully saturated rings. The Labute approximate surface area is 151 Å². The van der Waals surface area contributed by atoms with Gasteiger partial charge in [0.05, 0.1) is 12.9 Å². The summed E-state index contributed by atoms with van der Waals surface area (Å²) in [5, 5.41) is 8.73. The number of aryl methyl sites for hydroxylation is 1. The van der Waals surface area contributed by atoms with Crippen LogP contribution in [0.5, 0.6) is 0 Å². The molecule has 2 amide bonds. The predicted molar refractivity (Wildman–Crippen MR) is 92.2 cm³/mol. The monoisotopic (exact) mass is 357 g/mol. The largest absolute Gasteiger partial charge is 0.342 e. The highest BCUT2D eigenvalue weighted by Gasteiger charge is 2.31. The van der Waals surface area contributed by atoms with Gasteiger partial charge in [0.1, 0.15) is 11.5 Å². The van der Waals surface area contributed by atoms with E-state index >= 15 is 0 Å². The molecule has 0 bridgehead atoms. The number of carbonyl (C=O) groups is 2. The van der Waals surface area contributed by atoms with Crippen molar-refractivity contribution < 1.29 is 9.59 Å². The van der Waals surface area contributed by atoms with E-state index in [0.717, 1.165) is 31.0 Å². The molecule has 2 aromatic rings. The van der Waals surface area contributed by atoms with E-state index < -0.39 is 0 Å². The molecule has 0 N–H and O–H groups in total. The number of hydrogen-bond donors (Lipinski definition) is 0. The summed E-state index contributed by atoms with van der Waals surface area (Å²) in [5.74, 6) is 1.99. The van der Waals surface area contributed by atoms with Crippen LogP contribution in [0.25, 0.3) is 0 Å². The van der Waals surface area contributed by atoms with Gasteiger partial charge in [0.15, 0.2) is 5.82 Å². The van der Waals surface area contributed by atoms with Gasteiger partial charge in [-0.15, -0.1) is 10.2 Å². The molecule has 4 heterocycles. The summed E-state index contributed by atoms with van der Waals surface area (Å²) in [6.45, 7) is 4.85. The number of nitrogens with zero attached hydrogens (tertiary/aromatic N) is 7. The van der Waals surface area contributed by atoms with Crippen molar-refractivity contribution in [2.75, 3.05) is 19.6 Å². The molecular weight excluding hydrogens is 334 g/mol. The lowest BCUT2D eigenvalue weighted by Crippen LogP contribution is -2.41. The van der Waals surface area contributed by atoms with E-state index in [1.165, 1.54) is 0 Å².